The lowest BCUT2D eigenvalue weighted by Gasteiger charge is -2.36. The Kier molecular flexibility index (Phi) is 10.0. The Morgan fingerprint density at radius 2 is 2.00 bits per heavy atom. The molecule has 1 saturated carbocycles. The molecule has 0 amide bonds. The summed E-state index contributed by atoms with van der Waals surface area (Å²) in [7, 11) is 0. The molecule has 3 rings (SSSR count). The van der Waals surface area contributed by atoms with Crippen molar-refractivity contribution in [3.05, 3.63) is 11.3 Å². The monoisotopic (exact) mass is 470 g/mol. The largest absolute Gasteiger partial charge is 0.875 e. The van der Waals surface area contributed by atoms with E-state index >= 15 is 0 Å². The molecule has 0 aromatic carbocycles. The molecular formula is C24H37ClNO4S-. The van der Waals surface area contributed by atoms with Crippen LogP contribution in [-0.4, -0.2) is 47.2 Å². The van der Waals surface area contributed by atoms with Gasteiger partial charge in [0.2, 0.25) is 0 Å². The summed E-state index contributed by atoms with van der Waals surface area (Å²) in [4.78, 5) is 18.5. The molecule has 2 fully saturated rings. The molecule has 2 aliphatic carbocycles. The van der Waals surface area contributed by atoms with Crippen LogP contribution in [0.1, 0.15) is 78.1 Å². The van der Waals surface area contributed by atoms with E-state index in [1.165, 1.54) is 12.2 Å². The summed E-state index contributed by atoms with van der Waals surface area (Å²) in [6.45, 7) is 4.30. The second-order valence-electron chi connectivity index (χ2n) is 9.27. The molecule has 0 aromatic heterocycles. The van der Waals surface area contributed by atoms with Gasteiger partial charge in [-0.1, -0.05) is 18.5 Å². The summed E-state index contributed by atoms with van der Waals surface area (Å²) in [5.74, 6) is 2.86. The molecule has 5 nitrogen and oxygen atoms in total. The smallest absolute Gasteiger partial charge is 0.164 e. The minimum atomic E-state index is -0.0977. The number of allylic oxidation sites excluding steroid dienone is 2. The van der Waals surface area contributed by atoms with Crippen molar-refractivity contribution in [1.29, 1.82) is 0 Å². The number of ether oxygens (including phenoxy) is 1. The van der Waals surface area contributed by atoms with Crippen LogP contribution in [0.3, 0.4) is 0 Å². The molecule has 0 spiro atoms. The van der Waals surface area contributed by atoms with E-state index in [2.05, 4.69) is 5.16 Å². The van der Waals surface area contributed by atoms with Crippen LogP contribution in [0.5, 0.6) is 0 Å². The summed E-state index contributed by atoms with van der Waals surface area (Å²) in [5.41, 5.74) is 0.805. The molecular weight excluding hydrogens is 434 g/mol. The van der Waals surface area contributed by atoms with Gasteiger partial charge in [0.05, 0.1) is 17.9 Å². The van der Waals surface area contributed by atoms with Crippen LogP contribution < -0.4 is 5.11 Å². The lowest BCUT2D eigenvalue weighted by Crippen LogP contribution is -2.34. The maximum Gasteiger partial charge on any atom is 0.164 e. The first-order valence-electron chi connectivity index (χ1n) is 12.0. The Morgan fingerprint density at radius 1 is 1.23 bits per heavy atom. The van der Waals surface area contributed by atoms with Gasteiger partial charge in [0, 0.05) is 17.4 Å². The average Bonchev–Trinajstić information content (AvgIpc) is 2.75. The Labute approximate surface area is 196 Å². The number of thioether (sulfide) groups is 1. The van der Waals surface area contributed by atoms with Crippen LogP contribution in [0.4, 0.5) is 0 Å². The topological polar surface area (TPSA) is 70.9 Å². The minimum Gasteiger partial charge on any atom is -0.875 e. The Morgan fingerprint density at radius 3 is 2.65 bits per heavy atom. The molecule has 1 aliphatic heterocycles. The highest BCUT2D eigenvalue weighted by Gasteiger charge is 2.32. The van der Waals surface area contributed by atoms with Crippen LogP contribution in [0, 0.1) is 11.8 Å². The SMILES string of the molecule is CCC/C(=N\OCC(C)OC1CCC(Cl)CC1)C1=C([O-])CC(C2CCCSC2)CC1=O. The third-order valence-electron chi connectivity index (χ3n) is 6.60. The molecule has 176 valence electrons. The zero-order chi connectivity index (χ0) is 22.2. The minimum absolute atomic E-state index is 0.0465. The standard InChI is InChI=1S/C24H38ClNO4S/c1-3-5-21(26-29-14-16(2)30-20-9-7-19(25)8-10-20)24-22(27)12-18(13-23(24)28)17-6-4-11-31-15-17/h16-20,27H,3-15H2,1-2H3/p-1/b26-21+. The zero-order valence-electron chi connectivity index (χ0n) is 18.9. The van der Waals surface area contributed by atoms with E-state index in [9.17, 15) is 9.90 Å². The van der Waals surface area contributed by atoms with E-state index in [0.717, 1.165) is 44.3 Å². The Hall–Kier alpha value is -0.720. The number of carbonyl (C=O) groups is 1. The molecule has 1 saturated heterocycles. The molecule has 0 aromatic rings. The summed E-state index contributed by atoms with van der Waals surface area (Å²) in [6.07, 6.45) is 8.70. The number of rotatable bonds is 9. The normalized spacial score (nSPS) is 31.6. The first kappa shape index (κ1) is 24.9. The lowest BCUT2D eigenvalue weighted by molar-refractivity contribution is -0.310. The molecule has 3 aliphatic rings. The Balaban J connectivity index is 1.56. The van der Waals surface area contributed by atoms with E-state index in [-0.39, 0.29) is 40.6 Å². The third kappa shape index (κ3) is 7.40. The first-order chi connectivity index (χ1) is 15.0. The fourth-order valence-electron chi connectivity index (χ4n) is 4.90. The van der Waals surface area contributed by atoms with Gasteiger partial charge in [-0.3, -0.25) is 4.79 Å². The molecule has 3 unspecified atom stereocenters. The lowest BCUT2D eigenvalue weighted by atomic mass is 9.76. The molecule has 7 heteroatoms. The molecule has 1 heterocycles. The highest BCUT2D eigenvalue weighted by atomic mass is 35.5. The van der Waals surface area contributed by atoms with Crippen LogP contribution in [0.15, 0.2) is 16.5 Å². The van der Waals surface area contributed by atoms with Crippen LogP contribution >= 0.6 is 23.4 Å². The van der Waals surface area contributed by atoms with Crippen molar-refractivity contribution >= 4 is 34.9 Å². The number of hydrogen-bond acceptors (Lipinski definition) is 6. The van der Waals surface area contributed by atoms with E-state index in [4.69, 9.17) is 21.2 Å². The predicted molar refractivity (Wildman–Crippen MR) is 126 cm³/mol. The van der Waals surface area contributed by atoms with Gasteiger partial charge in [-0.2, -0.15) is 11.8 Å². The number of carbonyl (C=O) groups excluding carboxylic acids is 1. The maximum absolute atomic E-state index is 12.9. The van der Waals surface area contributed by atoms with Crippen molar-refractivity contribution in [3.63, 3.8) is 0 Å². The van der Waals surface area contributed by atoms with E-state index in [1.807, 2.05) is 25.6 Å². The van der Waals surface area contributed by atoms with Crippen molar-refractivity contribution in [2.45, 2.75) is 95.6 Å². The van der Waals surface area contributed by atoms with Crippen molar-refractivity contribution in [2.24, 2.45) is 17.0 Å². The summed E-state index contributed by atoms with van der Waals surface area (Å²) >= 11 is 8.11. The maximum atomic E-state index is 12.9. The highest BCUT2D eigenvalue weighted by molar-refractivity contribution is 7.99. The molecule has 31 heavy (non-hydrogen) atoms. The zero-order valence-corrected chi connectivity index (χ0v) is 20.5. The fraction of sp³-hybridized carbons (Fsp3) is 0.833. The van der Waals surface area contributed by atoms with Gasteiger partial charge in [0.15, 0.2) is 5.78 Å². The number of Topliss-reactive ketones (excluding diaryl/α,β-unsaturated/α-hetero) is 1. The summed E-state index contributed by atoms with van der Waals surface area (Å²) in [5, 5.41) is 17.4. The second-order valence-corrected chi connectivity index (χ2v) is 11.0. The van der Waals surface area contributed by atoms with E-state index in [1.54, 1.807) is 0 Å². The molecule has 3 atom stereocenters. The van der Waals surface area contributed by atoms with Gasteiger partial charge < -0.3 is 14.7 Å². The number of nitrogens with zero attached hydrogens (tertiary/aromatic N) is 1. The number of ketones is 1. The van der Waals surface area contributed by atoms with Gasteiger partial charge >= 0.3 is 0 Å². The van der Waals surface area contributed by atoms with Gasteiger partial charge in [-0.25, -0.2) is 0 Å². The molecule has 0 N–H and O–H groups in total. The van der Waals surface area contributed by atoms with Gasteiger partial charge in [-0.15, -0.1) is 17.4 Å². The second kappa shape index (κ2) is 12.5. The summed E-state index contributed by atoms with van der Waals surface area (Å²) in [6, 6.07) is 0. The fourth-order valence-corrected chi connectivity index (χ4v) is 6.43. The van der Waals surface area contributed by atoms with E-state index in [0.29, 0.717) is 37.5 Å². The van der Waals surface area contributed by atoms with Crippen LogP contribution in [0.25, 0.3) is 0 Å². The van der Waals surface area contributed by atoms with Gasteiger partial charge in [0.25, 0.3) is 0 Å². The quantitative estimate of drug-likeness (QED) is 0.273. The van der Waals surface area contributed by atoms with Gasteiger partial charge in [-0.05, 0) is 81.6 Å². The van der Waals surface area contributed by atoms with Gasteiger partial charge in [0.1, 0.15) is 6.61 Å². The predicted octanol–water partition coefficient (Wildman–Crippen LogP) is 4.85. The molecule has 0 radical (unpaired) electrons. The highest BCUT2D eigenvalue weighted by Crippen LogP contribution is 2.37. The van der Waals surface area contributed by atoms with Crippen molar-refractivity contribution in [3.8, 4) is 0 Å². The number of hydrogen-bond donors (Lipinski definition) is 0. The van der Waals surface area contributed by atoms with Crippen molar-refractivity contribution in [2.75, 3.05) is 18.1 Å². The van der Waals surface area contributed by atoms with E-state index < -0.39 is 0 Å². The van der Waals surface area contributed by atoms with Crippen molar-refractivity contribution < 1.29 is 19.5 Å². The third-order valence-corrected chi connectivity index (χ3v) is 8.28. The molecule has 0 bridgehead atoms. The number of oxime groups is 1. The Bertz CT molecular complexity index is 654. The van der Waals surface area contributed by atoms with Crippen LogP contribution in [0.2, 0.25) is 0 Å². The number of halogens is 1. The first-order valence-corrected chi connectivity index (χ1v) is 13.6. The summed E-state index contributed by atoms with van der Waals surface area (Å²) < 4.78 is 6.05. The average molecular weight is 471 g/mol. The van der Waals surface area contributed by atoms with Crippen LogP contribution in [-0.2, 0) is 14.4 Å². The van der Waals surface area contributed by atoms with Crippen molar-refractivity contribution in [1.82, 2.24) is 0 Å². The number of alkyl halides is 1.